The zero-order chi connectivity index (χ0) is 37.1. The van der Waals surface area contributed by atoms with Crippen molar-refractivity contribution in [2.24, 2.45) is 5.92 Å². The molecule has 0 aliphatic carbocycles. The molecule has 53 heavy (non-hydrogen) atoms. The summed E-state index contributed by atoms with van der Waals surface area (Å²) >= 11 is 0. The normalized spacial score (nSPS) is 18.5. The van der Waals surface area contributed by atoms with Gasteiger partial charge in [-0.2, -0.15) is 0 Å². The summed E-state index contributed by atoms with van der Waals surface area (Å²) in [5, 5.41) is 5.69. The number of aromatic nitrogens is 4. The Morgan fingerprint density at radius 2 is 1.45 bits per heavy atom. The molecule has 3 atom stereocenters. The molecular formula is C38H46N8O7. The lowest BCUT2D eigenvalue weighted by atomic mass is 9.99. The van der Waals surface area contributed by atoms with Crippen LogP contribution in [0.2, 0.25) is 0 Å². The second-order valence-corrected chi connectivity index (χ2v) is 13.8. The van der Waals surface area contributed by atoms with Gasteiger partial charge in [0, 0.05) is 31.3 Å². The fourth-order valence-corrected chi connectivity index (χ4v) is 7.46. The number of hydrogen-bond donors (Lipinski definition) is 4. The average Bonchev–Trinajstić information content (AvgIpc) is 4.02. The molecule has 7 rings (SSSR count). The molecule has 3 amide bonds. The third kappa shape index (κ3) is 7.31. The van der Waals surface area contributed by atoms with Crippen LogP contribution in [0.25, 0.3) is 33.6 Å². The van der Waals surface area contributed by atoms with Crippen LogP contribution in [0.4, 0.5) is 4.79 Å². The molecule has 0 spiro atoms. The molecule has 2 aromatic heterocycles. The summed E-state index contributed by atoms with van der Waals surface area (Å²) in [6, 6.07) is 11.1. The Labute approximate surface area is 307 Å². The number of imidazole rings is 2. The minimum atomic E-state index is -0.693. The summed E-state index contributed by atoms with van der Waals surface area (Å²) in [5.74, 6) is 2.51. The highest BCUT2D eigenvalue weighted by Crippen LogP contribution is 2.47. The first-order valence-corrected chi connectivity index (χ1v) is 18.0. The molecule has 4 aromatic rings. The number of H-pyrrole nitrogens is 2. The first kappa shape index (κ1) is 36.0. The van der Waals surface area contributed by atoms with Gasteiger partial charge in [0.1, 0.15) is 17.7 Å². The number of ether oxygens (including phenoxy) is 4. The number of benzene rings is 2. The highest BCUT2D eigenvalue weighted by Gasteiger charge is 2.38. The van der Waals surface area contributed by atoms with Gasteiger partial charge in [0.25, 0.3) is 0 Å². The van der Waals surface area contributed by atoms with E-state index in [-0.39, 0.29) is 43.2 Å². The molecule has 15 nitrogen and oxygen atoms in total. The fraction of sp³-hybridized carbons (Fsp3) is 0.447. The number of alkyl carbamates (subject to hydrolysis) is 1. The number of fused-ring (bicyclic) bond motifs is 1. The van der Waals surface area contributed by atoms with E-state index in [0.29, 0.717) is 37.1 Å². The van der Waals surface area contributed by atoms with Crippen LogP contribution in [-0.2, 0) is 19.1 Å². The molecule has 0 saturated carbocycles. The van der Waals surface area contributed by atoms with Crippen molar-refractivity contribution in [1.29, 1.82) is 0 Å². The van der Waals surface area contributed by atoms with Crippen molar-refractivity contribution < 1.29 is 33.3 Å². The van der Waals surface area contributed by atoms with Gasteiger partial charge in [0.15, 0.2) is 11.5 Å². The van der Waals surface area contributed by atoms with Gasteiger partial charge >= 0.3 is 6.09 Å². The molecule has 280 valence electrons. The maximum Gasteiger partial charge on any atom is 0.407 e. The van der Waals surface area contributed by atoms with Crippen LogP contribution in [0.3, 0.4) is 0 Å². The summed E-state index contributed by atoms with van der Waals surface area (Å²) in [6.45, 7) is 5.70. The highest BCUT2D eigenvalue weighted by molar-refractivity contribution is 5.87. The third-order valence-electron chi connectivity index (χ3n) is 10.2. The maximum absolute atomic E-state index is 13.6. The zero-order valence-electron chi connectivity index (χ0n) is 30.4. The topological polar surface area (TPSA) is 176 Å². The van der Waals surface area contributed by atoms with Gasteiger partial charge in [-0.05, 0) is 54.9 Å². The van der Waals surface area contributed by atoms with Gasteiger partial charge in [-0.15, -0.1) is 0 Å². The molecule has 3 aliphatic heterocycles. The van der Waals surface area contributed by atoms with E-state index in [4.69, 9.17) is 18.9 Å². The van der Waals surface area contributed by atoms with Crippen LogP contribution in [0.15, 0.2) is 48.8 Å². The lowest BCUT2D eigenvalue weighted by molar-refractivity contribution is -0.135. The lowest BCUT2D eigenvalue weighted by Crippen LogP contribution is -2.51. The van der Waals surface area contributed by atoms with Crippen LogP contribution in [0.1, 0.15) is 63.3 Å². The van der Waals surface area contributed by atoms with Crippen molar-refractivity contribution in [3.63, 3.8) is 0 Å². The molecular weight excluding hydrogens is 680 g/mol. The van der Waals surface area contributed by atoms with E-state index in [1.165, 1.54) is 7.11 Å². The summed E-state index contributed by atoms with van der Waals surface area (Å²) < 4.78 is 21.8. The second kappa shape index (κ2) is 15.7. The fourth-order valence-electron chi connectivity index (χ4n) is 7.46. The van der Waals surface area contributed by atoms with E-state index < -0.39 is 12.1 Å². The molecule has 3 unspecified atom stereocenters. The molecule has 2 fully saturated rings. The van der Waals surface area contributed by atoms with E-state index in [0.717, 1.165) is 65.1 Å². The van der Waals surface area contributed by atoms with Gasteiger partial charge < -0.3 is 44.0 Å². The van der Waals surface area contributed by atoms with Crippen molar-refractivity contribution in [3.05, 3.63) is 60.4 Å². The molecule has 0 bridgehead atoms. The highest BCUT2D eigenvalue weighted by atomic mass is 16.7. The van der Waals surface area contributed by atoms with Gasteiger partial charge in [-0.25, -0.2) is 14.8 Å². The number of carbonyl (C=O) groups is 3. The number of carbonyl (C=O) groups excluding carboxylic acids is 3. The number of amides is 3. The smallest absolute Gasteiger partial charge is 0.407 e. The second-order valence-electron chi connectivity index (χ2n) is 13.8. The quantitative estimate of drug-likeness (QED) is 0.118. The molecule has 2 aromatic carbocycles. The van der Waals surface area contributed by atoms with Gasteiger partial charge in [0.05, 0.1) is 56.3 Å². The lowest BCUT2D eigenvalue weighted by Gasteiger charge is -2.30. The van der Waals surface area contributed by atoms with Crippen molar-refractivity contribution in [3.8, 4) is 45.1 Å². The number of hydrogen-bond acceptors (Lipinski definition) is 10. The maximum atomic E-state index is 13.6. The number of likely N-dealkylation sites (tertiary alicyclic amines) is 2. The molecule has 4 N–H and O–H groups in total. The Morgan fingerprint density at radius 3 is 2.13 bits per heavy atom. The number of aromatic amines is 2. The van der Waals surface area contributed by atoms with Crippen LogP contribution in [0, 0.1) is 5.92 Å². The molecule has 2 saturated heterocycles. The first-order valence-electron chi connectivity index (χ1n) is 18.0. The predicted octanol–water partition coefficient (Wildman–Crippen LogP) is 4.76. The van der Waals surface area contributed by atoms with Gasteiger partial charge in [-0.1, -0.05) is 38.1 Å². The van der Waals surface area contributed by atoms with Crippen molar-refractivity contribution in [2.75, 3.05) is 47.4 Å². The van der Waals surface area contributed by atoms with Gasteiger partial charge in [0.2, 0.25) is 18.6 Å². The predicted molar refractivity (Wildman–Crippen MR) is 195 cm³/mol. The van der Waals surface area contributed by atoms with Gasteiger partial charge in [-0.3, -0.25) is 14.9 Å². The molecule has 0 radical (unpaired) electrons. The molecule has 3 aliphatic rings. The number of methoxy groups -OCH3 is 2. The Morgan fingerprint density at radius 1 is 0.849 bits per heavy atom. The zero-order valence-corrected chi connectivity index (χ0v) is 30.4. The molecule has 5 heterocycles. The molecule has 15 heteroatoms. The Kier molecular flexibility index (Phi) is 10.6. The summed E-state index contributed by atoms with van der Waals surface area (Å²) in [7, 11) is 2.87. The number of rotatable bonds is 12. The van der Waals surface area contributed by atoms with E-state index in [9.17, 15) is 14.4 Å². The number of nitrogens with one attached hydrogen (secondary N) is 4. The van der Waals surface area contributed by atoms with E-state index >= 15 is 0 Å². The minimum absolute atomic E-state index is 0.0158. The van der Waals surface area contributed by atoms with Crippen molar-refractivity contribution >= 4 is 17.9 Å². The number of nitrogens with zero attached hydrogens (tertiary/aromatic N) is 4. The standard InChI is InChI=1S/C38H46N8O7/c1-22(2)32(44-38(49)51-4)37(48)46-16-6-8-30(46)36-40-17-27(42-36)24-11-9-23(10-12-24)25-13-14-26(34-33(25)52-21-53-34)28-18-41-35(43-28)29-7-5-15-45(29)31(47)19-39-20-50-3/h9-14,17-18,22,29-30,32,39H,5-8,15-16,19-21H2,1-4H3,(H,40,42)(H,41,43)(H,44,49). The van der Waals surface area contributed by atoms with E-state index in [1.54, 1.807) is 24.4 Å². The Bertz CT molecular complexity index is 1940. The monoisotopic (exact) mass is 726 g/mol. The van der Waals surface area contributed by atoms with Crippen LogP contribution in [0.5, 0.6) is 11.5 Å². The van der Waals surface area contributed by atoms with Crippen LogP contribution in [-0.4, -0.2) is 101 Å². The van der Waals surface area contributed by atoms with Crippen LogP contribution < -0.4 is 20.1 Å². The summed E-state index contributed by atoms with van der Waals surface area (Å²) in [4.78, 5) is 58.3. The minimum Gasteiger partial charge on any atom is -0.453 e. The van der Waals surface area contributed by atoms with Crippen LogP contribution >= 0.6 is 0 Å². The first-order chi connectivity index (χ1) is 25.8. The summed E-state index contributed by atoms with van der Waals surface area (Å²) in [6.07, 6.45) is 6.31. The largest absolute Gasteiger partial charge is 0.453 e. The Hall–Kier alpha value is -5.41. The van der Waals surface area contributed by atoms with Crippen molar-refractivity contribution in [1.82, 2.24) is 40.4 Å². The van der Waals surface area contributed by atoms with E-state index in [1.807, 2.05) is 55.1 Å². The van der Waals surface area contributed by atoms with E-state index in [2.05, 4.69) is 30.6 Å². The SMILES string of the molecule is COCNCC(=O)N1CCCC1c1ncc(-c2ccc(-c3ccc(-c4cnc(C5CCCN5C(=O)C(NC(=O)OC)C(C)C)[nH]4)cc3)c3c2OCO3)[nH]1. The summed E-state index contributed by atoms with van der Waals surface area (Å²) in [5.41, 5.74) is 5.26. The third-order valence-corrected chi connectivity index (χ3v) is 10.2. The Balaban J connectivity index is 1.06. The average molecular weight is 727 g/mol. The van der Waals surface area contributed by atoms with Crippen molar-refractivity contribution in [2.45, 2.75) is 57.7 Å².